The van der Waals surface area contributed by atoms with Gasteiger partial charge >= 0.3 is 11.9 Å². The summed E-state index contributed by atoms with van der Waals surface area (Å²) >= 11 is 0. The van der Waals surface area contributed by atoms with Crippen molar-refractivity contribution in [3.8, 4) is 0 Å². The van der Waals surface area contributed by atoms with Gasteiger partial charge in [-0.2, -0.15) is 0 Å². The molecule has 0 spiro atoms. The highest BCUT2D eigenvalue weighted by molar-refractivity contribution is 5.80. The summed E-state index contributed by atoms with van der Waals surface area (Å²) in [5.74, 6) is -1.06. The van der Waals surface area contributed by atoms with Crippen LogP contribution < -0.4 is 5.32 Å². The van der Waals surface area contributed by atoms with E-state index in [9.17, 15) is 9.59 Å². The highest BCUT2D eigenvalue weighted by atomic mass is 16.6. The van der Waals surface area contributed by atoms with Crippen molar-refractivity contribution in [1.29, 1.82) is 0 Å². The zero-order valence-electron chi connectivity index (χ0n) is 14.4. The van der Waals surface area contributed by atoms with E-state index >= 15 is 0 Å². The predicted octanol–water partition coefficient (Wildman–Crippen LogP) is 2.53. The second-order valence-corrected chi connectivity index (χ2v) is 7.01. The first-order chi connectivity index (χ1) is 10.7. The number of esters is 2. The maximum atomic E-state index is 12.6. The van der Waals surface area contributed by atoms with E-state index in [0.717, 1.165) is 11.1 Å². The summed E-state index contributed by atoms with van der Waals surface area (Å²) in [6, 6.07) is 7.19. The van der Waals surface area contributed by atoms with Crippen molar-refractivity contribution < 1.29 is 19.1 Å². The van der Waals surface area contributed by atoms with E-state index in [1.54, 1.807) is 0 Å². The fourth-order valence-corrected chi connectivity index (χ4v) is 2.81. The Morgan fingerprint density at radius 2 is 1.74 bits per heavy atom. The molecule has 1 aromatic rings. The Labute approximate surface area is 137 Å². The summed E-state index contributed by atoms with van der Waals surface area (Å²) in [6.45, 7) is 7.53. The summed E-state index contributed by atoms with van der Waals surface area (Å²) in [7, 11) is 1.35. The number of carbonyl (C=O) groups is 2. The van der Waals surface area contributed by atoms with Gasteiger partial charge in [-0.3, -0.25) is 14.9 Å². The topological polar surface area (TPSA) is 64.6 Å². The largest absolute Gasteiger partial charge is 0.468 e. The van der Waals surface area contributed by atoms with Crippen LogP contribution in [0.1, 0.15) is 44.4 Å². The van der Waals surface area contributed by atoms with Gasteiger partial charge in [-0.05, 0) is 39.7 Å². The number of ether oxygens (including phenoxy) is 2. The van der Waals surface area contributed by atoms with Gasteiger partial charge in [-0.15, -0.1) is 0 Å². The minimum atomic E-state index is -0.557. The van der Waals surface area contributed by atoms with Gasteiger partial charge in [-0.25, -0.2) is 0 Å². The van der Waals surface area contributed by atoms with Crippen LogP contribution in [0.3, 0.4) is 0 Å². The molecule has 1 N–H and O–H groups in total. The van der Waals surface area contributed by atoms with Crippen LogP contribution in [0.4, 0.5) is 0 Å². The molecule has 1 fully saturated rings. The summed E-state index contributed by atoms with van der Waals surface area (Å²) in [4.78, 5) is 24.4. The lowest BCUT2D eigenvalue weighted by molar-refractivity contribution is -0.160. The predicted molar refractivity (Wildman–Crippen MR) is 86.8 cm³/mol. The number of benzene rings is 1. The molecule has 0 aromatic heterocycles. The maximum Gasteiger partial charge on any atom is 0.322 e. The van der Waals surface area contributed by atoms with Crippen molar-refractivity contribution in [3.05, 3.63) is 35.4 Å². The van der Waals surface area contributed by atoms with Gasteiger partial charge in [0.15, 0.2) is 0 Å². The zero-order valence-corrected chi connectivity index (χ0v) is 14.4. The number of hydrogen-bond donors (Lipinski definition) is 1. The fourth-order valence-electron chi connectivity index (χ4n) is 2.81. The Bertz CT molecular complexity index is 574. The molecule has 1 aromatic carbocycles. The number of nitrogens with one attached hydrogen (secondary N) is 1. The second kappa shape index (κ2) is 6.71. The first kappa shape index (κ1) is 17.5. The Morgan fingerprint density at radius 1 is 1.13 bits per heavy atom. The second-order valence-electron chi connectivity index (χ2n) is 7.01. The average molecular weight is 319 g/mol. The van der Waals surface area contributed by atoms with E-state index < -0.39 is 17.6 Å². The smallest absolute Gasteiger partial charge is 0.322 e. The lowest BCUT2D eigenvalue weighted by Gasteiger charge is -2.25. The maximum absolute atomic E-state index is 12.6. The van der Waals surface area contributed by atoms with Crippen molar-refractivity contribution in [1.82, 2.24) is 5.32 Å². The van der Waals surface area contributed by atoms with Crippen LogP contribution >= 0.6 is 0 Å². The highest BCUT2D eigenvalue weighted by Gasteiger charge is 2.44. The summed E-state index contributed by atoms with van der Waals surface area (Å²) in [5.41, 5.74) is 1.56. The van der Waals surface area contributed by atoms with Crippen molar-refractivity contribution in [2.45, 2.75) is 51.8 Å². The van der Waals surface area contributed by atoms with Gasteiger partial charge in [0.25, 0.3) is 0 Å². The van der Waals surface area contributed by atoms with E-state index in [1.165, 1.54) is 7.11 Å². The number of carbonyl (C=O) groups excluding carboxylic acids is 2. The summed E-state index contributed by atoms with van der Waals surface area (Å²) in [5, 5.41) is 3.22. The molecule has 126 valence electrons. The molecule has 0 amide bonds. The van der Waals surface area contributed by atoms with Crippen LogP contribution in [0.15, 0.2) is 24.3 Å². The molecule has 1 aliphatic heterocycles. The Balaban J connectivity index is 2.25. The minimum Gasteiger partial charge on any atom is -0.468 e. The van der Waals surface area contributed by atoms with E-state index in [1.807, 2.05) is 52.0 Å². The van der Waals surface area contributed by atoms with Gasteiger partial charge in [0.2, 0.25) is 0 Å². The van der Waals surface area contributed by atoms with Crippen LogP contribution in [0.5, 0.6) is 0 Å². The number of methoxy groups -OCH3 is 1. The molecule has 0 radical (unpaired) electrons. The third-order valence-corrected chi connectivity index (χ3v) is 3.90. The molecular formula is C18H25NO4. The van der Waals surface area contributed by atoms with Crippen LogP contribution in [0, 0.1) is 12.8 Å². The quantitative estimate of drug-likeness (QED) is 0.867. The molecule has 0 aliphatic carbocycles. The average Bonchev–Trinajstić information content (AvgIpc) is 2.90. The first-order valence-corrected chi connectivity index (χ1v) is 7.84. The highest BCUT2D eigenvalue weighted by Crippen LogP contribution is 2.35. The Hall–Kier alpha value is -1.88. The molecule has 1 aliphatic rings. The third-order valence-electron chi connectivity index (χ3n) is 3.90. The lowest BCUT2D eigenvalue weighted by Crippen LogP contribution is -2.33. The molecule has 3 atom stereocenters. The van der Waals surface area contributed by atoms with Crippen LogP contribution in [0.2, 0.25) is 0 Å². The molecule has 0 unspecified atom stereocenters. The SMILES string of the molecule is COC(=O)[C@@H]1C[C@H](C(=O)OC(C)(C)C)[C@H](c2ccc(C)cc2)N1. The van der Waals surface area contributed by atoms with Gasteiger partial charge in [0, 0.05) is 6.04 Å². The van der Waals surface area contributed by atoms with Crippen molar-refractivity contribution >= 4 is 11.9 Å². The zero-order chi connectivity index (χ0) is 17.2. The third kappa shape index (κ3) is 4.32. The van der Waals surface area contributed by atoms with Gasteiger partial charge in [0.1, 0.15) is 11.6 Å². The molecule has 5 nitrogen and oxygen atoms in total. The van der Waals surface area contributed by atoms with Crippen LogP contribution in [0.25, 0.3) is 0 Å². The number of rotatable bonds is 3. The normalized spacial score (nSPS) is 24.3. The minimum absolute atomic E-state index is 0.255. The van der Waals surface area contributed by atoms with Gasteiger partial charge in [0.05, 0.1) is 13.0 Å². The van der Waals surface area contributed by atoms with E-state index in [4.69, 9.17) is 9.47 Å². The molecule has 2 rings (SSSR count). The van der Waals surface area contributed by atoms with Crippen molar-refractivity contribution in [2.75, 3.05) is 7.11 Å². The van der Waals surface area contributed by atoms with Crippen molar-refractivity contribution in [3.63, 3.8) is 0 Å². The van der Waals surface area contributed by atoms with Gasteiger partial charge in [-0.1, -0.05) is 29.8 Å². The first-order valence-electron chi connectivity index (χ1n) is 7.84. The molecule has 1 heterocycles. The lowest BCUT2D eigenvalue weighted by atomic mass is 9.92. The molecule has 1 saturated heterocycles. The molecule has 23 heavy (non-hydrogen) atoms. The number of hydrogen-bond acceptors (Lipinski definition) is 5. The van der Waals surface area contributed by atoms with Crippen LogP contribution in [-0.2, 0) is 19.1 Å². The summed E-state index contributed by atoms with van der Waals surface area (Å²) in [6.07, 6.45) is 0.375. The Morgan fingerprint density at radius 3 is 2.26 bits per heavy atom. The molecule has 0 saturated carbocycles. The monoisotopic (exact) mass is 319 g/mol. The number of aryl methyl sites for hydroxylation is 1. The Kier molecular flexibility index (Phi) is 5.09. The molecular weight excluding hydrogens is 294 g/mol. The molecule has 5 heteroatoms. The van der Waals surface area contributed by atoms with Crippen LogP contribution in [-0.4, -0.2) is 30.7 Å². The standard InChI is InChI=1S/C18H25NO4/c1-11-6-8-12(9-7-11)15-13(16(20)23-18(2,3)4)10-14(19-15)17(21)22-5/h6-9,13-15,19H,10H2,1-5H3/t13-,14-,15-/m0/s1. The van der Waals surface area contributed by atoms with E-state index in [-0.39, 0.29) is 18.0 Å². The van der Waals surface area contributed by atoms with Crippen molar-refractivity contribution in [2.24, 2.45) is 5.92 Å². The van der Waals surface area contributed by atoms with E-state index in [2.05, 4.69) is 5.32 Å². The summed E-state index contributed by atoms with van der Waals surface area (Å²) < 4.78 is 10.3. The van der Waals surface area contributed by atoms with Gasteiger partial charge < -0.3 is 9.47 Å². The molecule has 0 bridgehead atoms. The van der Waals surface area contributed by atoms with E-state index in [0.29, 0.717) is 6.42 Å². The fraction of sp³-hybridized carbons (Fsp3) is 0.556.